The lowest BCUT2D eigenvalue weighted by atomic mass is 10.1. The van der Waals surface area contributed by atoms with Crippen LogP contribution in [-0.4, -0.2) is 28.4 Å². The number of benzene rings is 2. The van der Waals surface area contributed by atoms with Crippen LogP contribution in [0.3, 0.4) is 0 Å². The third-order valence-electron chi connectivity index (χ3n) is 3.80. The van der Waals surface area contributed by atoms with Crippen molar-refractivity contribution in [2.24, 2.45) is 5.10 Å². The van der Waals surface area contributed by atoms with E-state index in [0.29, 0.717) is 23.7 Å². The first-order valence-electron chi connectivity index (χ1n) is 8.36. The zero-order chi connectivity index (χ0) is 18.4. The first-order valence-corrected chi connectivity index (χ1v) is 8.36. The molecule has 1 amide bonds. The van der Waals surface area contributed by atoms with Gasteiger partial charge in [0, 0.05) is 5.56 Å². The number of nitrogens with one attached hydrogen (secondary N) is 2. The van der Waals surface area contributed by atoms with E-state index in [1.54, 1.807) is 6.07 Å². The zero-order valence-electron chi connectivity index (χ0n) is 14.7. The molecule has 2 aromatic carbocycles. The average molecular weight is 348 g/mol. The molecule has 0 saturated carbocycles. The molecular weight excluding hydrogens is 328 g/mol. The van der Waals surface area contributed by atoms with Crippen molar-refractivity contribution in [1.82, 2.24) is 15.6 Å². The van der Waals surface area contributed by atoms with Crippen molar-refractivity contribution < 1.29 is 9.53 Å². The van der Waals surface area contributed by atoms with E-state index < -0.39 is 0 Å². The lowest BCUT2D eigenvalue weighted by Gasteiger charge is -2.05. The number of hydrogen-bond acceptors (Lipinski definition) is 4. The van der Waals surface area contributed by atoms with Crippen LogP contribution in [0.5, 0.6) is 5.75 Å². The van der Waals surface area contributed by atoms with Crippen LogP contribution in [0.1, 0.15) is 29.9 Å². The van der Waals surface area contributed by atoms with Crippen molar-refractivity contribution >= 4 is 11.6 Å². The van der Waals surface area contributed by atoms with E-state index in [1.807, 2.05) is 68.4 Å². The fraction of sp³-hybridized carbons (Fsp3) is 0.150. The number of amides is 1. The van der Waals surface area contributed by atoms with E-state index in [1.165, 1.54) is 0 Å². The Hall–Kier alpha value is -3.41. The average Bonchev–Trinajstić information content (AvgIpc) is 3.18. The predicted octanol–water partition coefficient (Wildman–Crippen LogP) is 3.63. The number of aromatic amines is 1. The second kappa shape index (κ2) is 8.11. The van der Waals surface area contributed by atoms with Gasteiger partial charge in [0.15, 0.2) is 0 Å². The minimum atomic E-state index is -0.343. The number of carbonyl (C=O) groups is 1. The number of carbonyl (C=O) groups excluding carboxylic acids is 1. The molecule has 0 spiro atoms. The Kier molecular flexibility index (Phi) is 5.43. The molecular formula is C20H20N4O2. The monoisotopic (exact) mass is 348 g/mol. The molecule has 0 atom stereocenters. The van der Waals surface area contributed by atoms with Gasteiger partial charge >= 0.3 is 0 Å². The molecule has 2 N–H and O–H groups in total. The largest absolute Gasteiger partial charge is 0.494 e. The van der Waals surface area contributed by atoms with Gasteiger partial charge < -0.3 is 4.74 Å². The van der Waals surface area contributed by atoms with Gasteiger partial charge in [-0.1, -0.05) is 30.3 Å². The Morgan fingerprint density at radius 3 is 2.58 bits per heavy atom. The molecule has 6 heteroatoms. The molecule has 0 radical (unpaired) electrons. The Bertz CT molecular complexity index is 899. The minimum absolute atomic E-state index is 0.343. The van der Waals surface area contributed by atoms with Crippen LogP contribution < -0.4 is 10.2 Å². The van der Waals surface area contributed by atoms with E-state index in [-0.39, 0.29) is 5.91 Å². The van der Waals surface area contributed by atoms with Crippen LogP contribution >= 0.6 is 0 Å². The molecule has 0 unspecified atom stereocenters. The second-order valence-electron chi connectivity index (χ2n) is 5.63. The molecule has 0 fully saturated rings. The maximum Gasteiger partial charge on any atom is 0.289 e. The van der Waals surface area contributed by atoms with Crippen molar-refractivity contribution in [1.29, 1.82) is 0 Å². The highest BCUT2D eigenvalue weighted by Gasteiger charge is 2.10. The number of H-pyrrole nitrogens is 1. The summed E-state index contributed by atoms with van der Waals surface area (Å²) in [7, 11) is 0. The first-order chi connectivity index (χ1) is 12.7. The van der Waals surface area contributed by atoms with Gasteiger partial charge in [-0.15, -0.1) is 0 Å². The molecule has 1 aromatic heterocycles. The number of aromatic nitrogens is 2. The number of rotatable bonds is 6. The van der Waals surface area contributed by atoms with E-state index in [2.05, 4.69) is 20.7 Å². The van der Waals surface area contributed by atoms with Gasteiger partial charge in [0.2, 0.25) is 0 Å². The summed E-state index contributed by atoms with van der Waals surface area (Å²) in [6.07, 6.45) is 0. The van der Waals surface area contributed by atoms with E-state index in [9.17, 15) is 4.79 Å². The lowest BCUT2D eigenvalue weighted by molar-refractivity contribution is 0.0950. The summed E-state index contributed by atoms with van der Waals surface area (Å²) in [5.41, 5.74) is 6.16. The number of hydrazone groups is 1. The predicted molar refractivity (Wildman–Crippen MR) is 101 cm³/mol. The summed E-state index contributed by atoms with van der Waals surface area (Å²) in [6, 6.07) is 18.9. The highest BCUT2D eigenvalue weighted by atomic mass is 16.5. The lowest BCUT2D eigenvalue weighted by Crippen LogP contribution is -2.19. The third-order valence-corrected chi connectivity index (χ3v) is 3.80. The van der Waals surface area contributed by atoms with Gasteiger partial charge in [-0.05, 0) is 49.7 Å². The number of hydrogen-bond donors (Lipinski definition) is 2. The molecule has 3 rings (SSSR count). The van der Waals surface area contributed by atoms with Gasteiger partial charge in [0.05, 0.1) is 18.0 Å². The van der Waals surface area contributed by atoms with Gasteiger partial charge in [-0.3, -0.25) is 9.89 Å². The summed E-state index contributed by atoms with van der Waals surface area (Å²) in [5.74, 6) is 0.462. The van der Waals surface area contributed by atoms with Crippen molar-refractivity contribution in [3.05, 3.63) is 71.9 Å². The minimum Gasteiger partial charge on any atom is -0.494 e. The molecule has 0 aliphatic carbocycles. The zero-order valence-corrected chi connectivity index (χ0v) is 14.7. The molecule has 0 bridgehead atoms. The van der Waals surface area contributed by atoms with Crippen molar-refractivity contribution in [2.45, 2.75) is 13.8 Å². The SMILES string of the molecule is CCOc1ccc(C(C)=NNC(=O)c2cc(-c3ccccc3)n[nH]2)cc1. The molecule has 1 heterocycles. The van der Waals surface area contributed by atoms with E-state index in [0.717, 1.165) is 16.9 Å². The van der Waals surface area contributed by atoms with Crippen LogP contribution in [-0.2, 0) is 0 Å². The third kappa shape index (κ3) is 4.16. The molecule has 0 aliphatic heterocycles. The molecule has 0 saturated heterocycles. The topological polar surface area (TPSA) is 79.4 Å². The Balaban J connectivity index is 1.66. The van der Waals surface area contributed by atoms with Gasteiger partial charge in [0.1, 0.15) is 11.4 Å². The molecule has 6 nitrogen and oxygen atoms in total. The summed E-state index contributed by atoms with van der Waals surface area (Å²) in [5, 5.41) is 11.1. The van der Waals surface area contributed by atoms with Crippen LogP contribution in [0, 0.1) is 0 Å². The Labute approximate surface area is 151 Å². The number of ether oxygens (including phenoxy) is 1. The van der Waals surface area contributed by atoms with Crippen LogP contribution in [0.15, 0.2) is 65.8 Å². The molecule has 132 valence electrons. The van der Waals surface area contributed by atoms with Crippen LogP contribution in [0.2, 0.25) is 0 Å². The number of nitrogens with zero attached hydrogens (tertiary/aromatic N) is 2. The van der Waals surface area contributed by atoms with E-state index >= 15 is 0 Å². The standard InChI is InChI=1S/C20H20N4O2/c1-3-26-17-11-9-15(10-12-17)14(2)21-24-20(25)19-13-18(22-23-19)16-7-5-4-6-8-16/h4-13H,3H2,1-2H3,(H,22,23)(H,24,25). The van der Waals surface area contributed by atoms with Crippen LogP contribution in [0.25, 0.3) is 11.3 Å². The fourth-order valence-corrected chi connectivity index (χ4v) is 2.41. The summed E-state index contributed by atoms with van der Waals surface area (Å²) >= 11 is 0. The summed E-state index contributed by atoms with van der Waals surface area (Å²) in [4.78, 5) is 12.3. The molecule has 0 aliphatic rings. The maximum atomic E-state index is 12.3. The normalized spacial score (nSPS) is 11.2. The van der Waals surface area contributed by atoms with Gasteiger partial charge in [-0.25, -0.2) is 5.43 Å². The van der Waals surface area contributed by atoms with Crippen molar-refractivity contribution in [3.8, 4) is 17.0 Å². The second-order valence-corrected chi connectivity index (χ2v) is 5.63. The summed E-state index contributed by atoms with van der Waals surface area (Å²) < 4.78 is 5.41. The highest BCUT2D eigenvalue weighted by Crippen LogP contribution is 2.17. The maximum absolute atomic E-state index is 12.3. The van der Waals surface area contributed by atoms with Gasteiger partial charge in [0.25, 0.3) is 5.91 Å². The molecule has 3 aromatic rings. The summed E-state index contributed by atoms with van der Waals surface area (Å²) in [6.45, 7) is 4.39. The Morgan fingerprint density at radius 2 is 1.88 bits per heavy atom. The fourth-order valence-electron chi connectivity index (χ4n) is 2.41. The van der Waals surface area contributed by atoms with Gasteiger partial charge in [-0.2, -0.15) is 10.2 Å². The molecule has 26 heavy (non-hydrogen) atoms. The van der Waals surface area contributed by atoms with Crippen molar-refractivity contribution in [2.75, 3.05) is 6.61 Å². The smallest absolute Gasteiger partial charge is 0.289 e. The van der Waals surface area contributed by atoms with Crippen molar-refractivity contribution in [3.63, 3.8) is 0 Å². The highest BCUT2D eigenvalue weighted by molar-refractivity contribution is 6.00. The Morgan fingerprint density at radius 1 is 1.15 bits per heavy atom. The first kappa shape index (κ1) is 17.4. The van der Waals surface area contributed by atoms with E-state index in [4.69, 9.17) is 4.74 Å². The quantitative estimate of drug-likeness (QED) is 0.527. The van der Waals surface area contributed by atoms with Crippen LogP contribution in [0.4, 0.5) is 0 Å².